The zero-order valence-corrected chi connectivity index (χ0v) is 13.0. The highest BCUT2D eigenvalue weighted by atomic mass is 79.9. The molecule has 21 heavy (non-hydrogen) atoms. The van der Waals surface area contributed by atoms with Crippen LogP contribution in [0.3, 0.4) is 0 Å². The summed E-state index contributed by atoms with van der Waals surface area (Å²) in [6, 6.07) is 5.43. The summed E-state index contributed by atoms with van der Waals surface area (Å²) in [6.45, 7) is 1.70. The summed E-state index contributed by atoms with van der Waals surface area (Å²) in [7, 11) is 0. The van der Waals surface area contributed by atoms with Gasteiger partial charge >= 0.3 is 0 Å². The third-order valence-electron chi connectivity index (χ3n) is 2.45. The summed E-state index contributed by atoms with van der Waals surface area (Å²) in [5, 5.41) is 13.4. The van der Waals surface area contributed by atoms with Gasteiger partial charge < -0.3 is 0 Å². The average Bonchev–Trinajstić information content (AvgIpc) is 2.37. The monoisotopic (exact) mass is 370 g/mol. The number of hydrogen-bond donors (Lipinski definition) is 1. The molecule has 1 amide bonds. The SMILES string of the molecule is Cc1cc(Cl)nc(NC(=O)c2cc([N+](=O)[O-])ccc2Br)n1. The van der Waals surface area contributed by atoms with Crippen molar-refractivity contribution in [3.8, 4) is 0 Å². The molecule has 1 heterocycles. The van der Waals surface area contributed by atoms with Crippen molar-refractivity contribution in [3.05, 3.63) is 55.3 Å². The normalized spacial score (nSPS) is 10.2. The van der Waals surface area contributed by atoms with Gasteiger partial charge in [0.15, 0.2) is 0 Å². The zero-order valence-electron chi connectivity index (χ0n) is 10.6. The highest BCUT2D eigenvalue weighted by Crippen LogP contribution is 2.23. The van der Waals surface area contributed by atoms with Crippen LogP contribution in [-0.4, -0.2) is 20.8 Å². The van der Waals surface area contributed by atoms with Gasteiger partial charge in [-0.05, 0) is 35.0 Å². The number of nitro groups is 1. The number of halogens is 2. The van der Waals surface area contributed by atoms with E-state index in [4.69, 9.17) is 11.6 Å². The number of nitrogens with one attached hydrogen (secondary N) is 1. The highest BCUT2D eigenvalue weighted by molar-refractivity contribution is 9.10. The van der Waals surface area contributed by atoms with Crippen LogP contribution < -0.4 is 5.32 Å². The molecule has 0 saturated carbocycles. The first-order valence-corrected chi connectivity index (χ1v) is 6.80. The third kappa shape index (κ3) is 3.73. The van der Waals surface area contributed by atoms with E-state index >= 15 is 0 Å². The van der Waals surface area contributed by atoms with Crippen LogP contribution in [-0.2, 0) is 0 Å². The van der Waals surface area contributed by atoms with Gasteiger partial charge in [0, 0.05) is 22.3 Å². The molecule has 2 rings (SSSR count). The van der Waals surface area contributed by atoms with Crippen molar-refractivity contribution in [2.24, 2.45) is 0 Å². The Hall–Kier alpha value is -2.06. The van der Waals surface area contributed by atoms with Gasteiger partial charge in [0.1, 0.15) is 5.15 Å². The minimum absolute atomic E-state index is 0.0309. The molecule has 0 fully saturated rings. The van der Waals surface area contributed by atoms with Crippen molar-refractivity contribution < 1.29 is 9.72 Å². The number of hydrogen-bond acceptors (Lipinski definition) is 5. The van der Waals surface area contributed by atoms with E-state index in [-0.39, 0.29) is 22.4 Å². The second-order valence-electron chi connectivity index (χ2n) is 4.03. The molecule has 0 spiro atoms. The lowest BCUT2D eigenvalue weighted by Crippen LogP contribution is -2.15. The summed E-state index contributed by atoms with van der Waals surface area (Å²) in [6.07, 6.45) is 0. The molecule has 108 valence electrons. The standard InChI is InChI=1S/C12H8BrClN4O3/c1-6-4-10(14)16-12(15-6)17-11(19)8-5-7(18(20)21)2-3-9(8)13/h2-5H,1H3,(H,15,16,17,19). The molecular weight excluding hydrogens is 364 g/mol. The Balaban J connectivity index is 2.31. The first-order valence-electron chi connectivity index (χ1n) is 5.63. The van der Waals surface area contributed by atoms with Crippen LogP contribution in [0.25, 0.3) is 0 Å². The van der Waals surface area contributed by atoms with Crippen LogP contribution in [0.15, 0.2) is 28.7 Å². The van der Waals surface area contributed by atoms with Crippen LogP contribution in [0.5, 0.6) is 0 Å². The Morgan fingerprint density at radius 1 is 1.38 bits per heavy atom. The van der Waals surface area contributed by atoms with E-state index in [1.807, 2.05) is 0 Å². The fourth-order valence-electron chi connectivity index (χ4n) is 1.56. The summed E-state index contributed by atoms with van der Waals surface area (Å²) in [5.41, 5.74) is 0.500. The number of nitrogens with zero attached hydrogens (tertiary/aromatic N) is 3. The maximum absolute atomic E-state index is 12.1. The molecule has 7 nitrogen and oxygen atoms in total. The molecule has 0 aliphatic carbocycles. The van der Waals surface area contributed by atoms with E-state index in [1.165, 1.54) is 12.1 Å². The fourth-order valence-corrected chi connectivity index (χ4v) is 2.22. The molecule has 0 aliphatic heterocycles. The Kier molecular flexibility index (Phi) is 4.49. The molecule has 0 unspecified atom stereocenters. The van der Waals surface area contributed by atoms with E-state index in [0.29, 0.717) is 10.2 Å². The summed E-state index contributed by atoms with van der Waals surface area (Å²) in [5.74, 6) is -0.546. The maximum atomic E-state index is 12.1. The van der Waals surface area contributed by atoms with Gasteiger partial charge in [0.05, 0.1) is 10.5 Å². The van der Waals surface area contributed by atoms with E-state index in [2.05, 4.69) is 31.2 Å². The number of nitro benzene ring substituents is 1. The van der Waals surface area contributed by atoms with E-state index in [9.17, 15) is 14.9 Å². The van der Waals surface area contributed by atoms with Crippen molar-refractivity contribution in [2.45, 2.75) is 6.92 Å². The van der Waals surface area contributed by atoms with Gasteiger partial charge in [-0.3, -0.25) is 20.2 Å². The number of rotatable bonds is 3. The van der Waals surface area contributed by atoms with Crippen LogP contribution in [0.1, 0.15) is 16.1 Å². The average molecular weight is 372 g/mol. The number of amides is 1. The maximum Gasteiger partial charge on any atom is 0.270 e. The Labute approximate surface area is 132 Å². The molecule has 9 heteroatoms. The molecule has 0 saturated heterocycles. The number of aromatic nitrogens is 2. The zero-order chi connectivity index (χ0) is 15.6. The topological polar surface area (TPSA) is 98.0 Å². The number of benzene rings is 1. The number of anilines is 1. The largest absolute Gasteiger partial charge is 0.290 e. The quantitative estimate of drug-likeness (QED) is 0.507. The predicted molar refractivity (Wildman–Crippen MR) is 80.5 cm³/mol. The molecule has 2 aromatic rings. The number of aryl methyl sites for hydroxylation is 1. The Bertz CT molecular complexity index is 718. The van der Waals surface area contributed by atoms with Gasteiger partial charge in [0.2, 0.25) is 5.95 Å². The van der Waals surface area contributed by atoms with Gasteiger partial charge in [-0.15, -0.1) is 0 Å². The molecule has 0 atom stereocenters. The number of carbonyl (C=O) groups is 1. The third-order valence-corrected chi connectivity index (χ3v) is 3.34. The number of carbonyl (C=O) groups excluding carboxylic acids is 1. The molecular formula is C12H8BrClN4O3. The molecule has 1 aromatic carbocycles. The van der Waals surface area contributed by atoms with Crippen LogP contribution >= 0.6 is 27.5 Å². The summed E-state index contributed by atoms with van der Waals surface area (Å²) < 4.78 is 0.421. The van der Waals surface area contributed by atoms with Gasteiger partial charge in [-0.25, -0.2) is 9.97 Å². The first-order chi connectivity index (χ1) is 9.86. The molecule has 1 aromatic heterocycles. The van der Waals surface area contributed by atoms with E-state index < -0.39 is 10.8 Å². The fraction of sp³-hybridized carbons (Fsp3) is 0.0833. The lowest BCUT2D eigenvalue weighted by Gasteiger charge is -2.06. The van der Waals surface area contributed by atoms with Gasteiger partial charge in [-0.1, -0.05) is 11.6 Å². The Morgan fingerprint density at radius 2 is 2.10 bits per heavy atom. The summed E-state index contributed by atoms with van der Waals surface area (Å²) in [4.78, 5) is 30.2. The van der Waals surface area contributed by atoms with Crippen molar-refractivity contribution in [1.29, 1.82) is 0 Å². The molecule has 0 bridgehead atoms. The molecule has 1 N–H and O–H groups in total. The minimum Gasteiger partial charge on any atom is -0.290 e. The van der Waals surface area contributed by atoms with E-state index in [0.717, 1.165) is 6.07 Å². The van der Waals surface area contributed by atoms with Crippen LogP contribution in [0, 0.1) is 17.0 Å². The lowest BCUT2D eigenvalue weighted by molar-refractivity contribution is -0.384. The molecule has 0 aliphatic rings. The Morgan fingerprint density at radius 3 is 2.71 bits per heavy atom. The highest BCUT2D eigenvalue weighted by Gasteiger charge is 2.16. The predicted octanol–water partition coefficient (Wildman–Crippen LogP) is 3.36. The van der Waals surface area contributed by atoms with Crippen molar-refractivity contribution in [3.63, 3.8) is 0 Å². The van der Waals surface area contributed by atoms with Crippen molar-refractivity contribution >= 4 is 45.1 Å². The number of non-ortho nitro benzene ring substituents is 1. The molecule has 0 radical (unpaired) electrons. The van der Waals surface area contributed by atoms with E-state index in [1.54, 1.807) is 13.0 Å². The first kappa shape index (κ1) is 15.3. The summed E-state index contributed by atoms with van der Waals surface area (Å²) >= 11 is 8.95. The van der Waals surface area contributed by atoms with Crippen LogP contribution in [0.2, 0.25) is 5.15 Å². The van der Waals surface area contributed by atoms with Gasteiger partial charge in [-0.2, -0.15) is 0 Å². The van der Waals surface area contributed by atoms with Crippen molar-refractivity contribution in [2.75, 3.05) is 5.32 Å². The smallest absolute Gasteiger partial charge is 0.270 e. The van der Waals surface area contributed by atoms with Crippen molar-refractivity contribution in [1.82, 2.24) is 9.97 Å². The van der Waals surface area contributed by atoms with Crippen LogP contribution in [0.4, 0.5) is 11.6 Å². The lowest BCUT2D eigenvalue weighted by atomic mass is 10.2. The minimum atomic E-state index is -0.580. The van der Waals surface area contributed by atoms with Gasteiger partial charge in [0.25, 0.3) is 11.6 Å². The second-order valence-corrected chi connectivity index (χ2v) is 5.27. The second kappa shape index (κ2) is 6.15.